The van der Waals surface area contributed by atoms with Crippen LogP contribution in [0.5, 0.6) is 0 Å². The van der Waals surface area contributed by atoms with Crippen molar-refractivity contribution in [3.05, 3.63) is 0 Å². The molecule has 0 unspecified atom stereocenters. The van der Waals surface area contributed by atoms with Crippen molar-refractivity contribution in [1.82, 2.24) is 0 Å². The lowest BCUT2D eigenvalue weighted by Gasteiger charge is -1.80. The van der Waals surface area contributed by atoms with Gasteiger partial charge in [-0.2, -0.15) is 0 Å². The molecule has 0 radical (unpaired) electrons. The zero-order valence-corrected chi connectivity index (χ0v) is 6.77. The number of ketones is 1. The lowest BCUT2D eigenvalue weighted by molar-refractivity contribution is -0.117. The molecule has 0 fully saturated rings. The first-order valence-electron chi connectivity index (χ1n) is 2.26. The summed E-state index contributed by atoms with van der Waals surface area (Å²) in [7, 11) is 0. The lowest BCUT2D eigenvalue weighted by atomic mass is 10.3. The normalized spacial score (nSPS) is 6.25. The molecule has 0 spiro atoms. The van der Waals surface area contributed by atoms with Gasteiger partial charge in [0.25, 0.3) is 0 Å². The second-order valence-corrected chi connectivity index (χ2v) is 1.45. The van der Waals surface area contributed by atoms with Crippen molar-refractivity contribution < 1.29 is 4.79 Å². The molecule has 1 nitrogen and oxygen atoms in total. The molecule has 0 N–H and O–H groups in total. The average Bonchev–Trinajstić information content (AvgIpc) is 1.35. The number of carbonyl (C=O) groups excluding carboxylic acids is 1. The summed E-state index contributed by atoms with van der Waals surface area (Å²) in [5.74, 6) is 0.289. The van der Waals surface area contributed by atoms with E-state index in [1.807, 2.05) is 6.92 Å². The molecule has 0 saturated carbocycles. The van der Waals surface area contributed by atoms with Gasteiger partial charge >= 0.3 is 0 Å². The molecular formula is C5H12Cl2O. The number of hydrogen-bond acceptors (Lipinski definition) is 1. The third-order valence-corrected chi connectivity index (χ3v) is 0.602. The molecular weight excluding hydrogens is 147 g/mol. The van der Waals surface area contributed by atoms with Crippen molar-refractivity contribution in [3.63, 3.8) is 0 Å². The van der Waals surface area contributed by atoms with Crippen LogP contribution in [-0.2, 0) is 4.79 Å². The molecule has 0 atom stereocenters. The number of halogens is 2. The Morgan fingerprint density at radius 2 is 1.75 bits per heavy atom. The van der Waals surface area contributed by atoms with E-state index >= 15 is 0 Å². The molecule has 8 heavy (non-hydrogen) atoms. The fraction of sp³-hybridized carbons (Fsp3) is 0.800. The molecule has 0 bridgehead atoms. The number of Topliss-reactive ketones (excluding diaryl/α,β-unsaturated/α-hetero) is 1. The first-order valence-corrected chi connectivity index (χ1v) is 2.26. The molecule has 0 amide bonds. The van der Waals surface area contributed by atoms with Gasteiger partial charge in [-0.3, -0.25) is 0 Å². The Morgan fingerprint density at radius 3 is 1.75 bits per heavy atom. The molecule has 52 valence electrons. The van der Waals surface area contributed by atoms with Crippen LogP contribution in [0.1, 0.15) is 26.7 Å². The topological polar surface area (TPSA) is 17.1 Å². The van der Waals surface area contributed by atoms with Crippen LogP contribution in [-0.4, -0.2) is 5.78 Å². The number of hydrogen-bond donors (Lipinski definition) is 0. The fourth-order valence-electron chi connectivity index (χ4n) is 0.352. The summed E-state index contributed by atoms with van der Waals surface area (Å²) in [5.41, 5.74) is 0. The number of carbonyl (C=O) groups is 1. The van der Waals surface area contributed by atoms with Crippen LogP contribution in [0, 0.1) is 0 Å². The van der Waals surface area contributed by atoms with Gasteiger partial charge in [0.2, 0.25) is 0 Å². The highest BCUT2D eigenvalue weighted by Crippen LogP contribution is 1.84. The van der Waals surface area contributed by atoms with Crippen molar-refractivity contribution in [2.75, 3.05) is 0 Å². The van der Waals surface area contributed by atoms with Crippen molar-refractivity contribution in [3.8, 4) is 0 Å². The summed E-state index contributed by atoms with van der Waals surface area (Å²) in [6, 6.07) is 0. The third kappa shape index (κ3) is 16.3. The van der Waals surface area contributed by atoms with Crippen molar-refractivity contribution in [2.24, 2.45) is 0 Å². The average molecular weight is 159 g/mol. The van der Waals surface area contributed by atoms with Crippen molar-refractivity contribution in [1.29, 1.82) is 0 Å². The molecule has 0 aromatic rings. The van der Waals surface area contributed by atoms with E-state index in [4.69, 9.17) is 0 Å². The minimum Gasteiger partial charge on any atom is -0.300 e. The lowest BCUT2D eigenvalue weighted by Crippen LogP contribution is -1.84. The smallest absolute Gasteiger partial charge is 0.129 e. The summed E-state index contributed by atoms with van der Waals surface area (Å²) >= 11 is 0. The number of rotatable bonds is 2. The van der Waals surface area contributed by atoms with Crippen LogP contribution in [0.25, 0.3) is 0 Å². The molecule has 0 aromatic carbocycles. The Balaban J connectivity index is -0.000000125. The van der Waals surface area contributed by atoms with Gasteiger partial charge in [0.15, 0.2) is 0 Å². The predicted molar refractivity (Wildman–Crippen MR) is 40.1 cm³/mol. The van der Waals surface area contributed by atoms with Gasteiger partial charge in [-0.25, -0.2) is 0 Å². The molecule has 0 rings (SSSR count). The van der Waals surface area contributed by atoms with Crippen LogP contribution in [0.2, 0.25) is 0 Å². The van der Waals surface area contributed by atoms with E-state index in [1.54, 1.807) is 6.92 Å². The largest absolute Gasteiger partial charge is 0.300 e. The maximum absolute atomic E-state index is 10.0. The van der Waals surface area contributed by atoms with Crippen LogP contribution >= 0.6 is 24.8 Å². The zero-order chi connectivity index (χ0) is 4.99. The monoisotopic (exact) mass is 158 g/mol. The molecule has 0 aromatic heterocycles. The van der Waals surface area contributed by atoms with Gasteiger partial charge in [-0.1, -0.05) is 6.92 Å². The maximum Gasteiger partial charge on any atom is 0.129 e. The predicted octanol–water partition coefficient (Wildman–Crippen LogP) is 2.22. The van der Waals surface area contributed by atoms with Gasteiger partial charge in [-0.05, 0) is 13.3 Å². The molecule has 0 aliphatic heterocycles. The molecule has 0 heterocycles. The van der Waals surface area contributed by atoms with Gasteiger partial charge < -0.3 is 4.79 Å². The van der Waals surface area contributed by atoms with Crippen molar-refractivity contribution in [2.45, 2.75) is 26.7 Å². The van der Waals surface area contributed by atoms with Crippen LogP contribution in [0.15, 0.2) is 0 Å². The van der Waals surface area contributed by atoms with Gasteiger partial charge in [-0.15, -0.1) is 24.8 Å². The first-order chi connectivity index (χ1) is 2.77. The first kappa shape index (κ1) is 15.7. The highest BCUT2D eigenvalue weighted by Gasteiger charge is 1.83. The van der Waals surface area contributed by atoms with Gasteiger partial charge in [0.05, 0.1) is 0 Å². The Kier molecular flexibility index (Phi) is 20.2. The standard InChI is InChI=1S/C5H10O.2ClH/c1-3-4-5(2)6;;/h3-4H2,1-2H3;2*1H. The Morgan fingerprint density at radius 1 is 1.38 bits per heavy atom. The SMILES string of the molecule is CCCC(C)=O.Cl.Cl. The summed E-state index contributed by atoms with van der Waals surface area (Å²) in [5, 5.41) is 0. The summed E-state index contributed by atoms with van der Waals surface area (Å²) in [4.78, 5) is 10.0. The van der Waals surface area contributed by atoms with E-state index < -0.39 is 0 Å². The van der Waals surface area contributed by atoms with E-state index in [0.29, 0.717) is 0 Å². The second kappa shape index (κ2) is 10.3. The summed E-state index contributed by atoms with van der Waals surface area (Å²) < 4.78 is 0. The van der Waals surface area contributed by atoms with Crippen molar-refractivity contribution >= 4 is 30.6 Å². The second-order valence-electron chi connectivity index (χ2n) is 1.45. The van der Waals surface area contributed by atoms with E-state index in [2.05, 4.69) is 0 Å². The van der Waals surface area contributed by atoms with Crippen LogP contribution < -0.4 is 0 Å². The third-order valence-electron chi connectivity index (χ3n) is 0.602. The minimum atomic E-state index is 0. The Hall–Kier alpha value is 0.250. The van der Waals surface area contributed by atoms with Gasteiger partial charge in [0.1, 0.15) is 5.78 Å². The quantitative estimate of drug-likeness (QED) is 0.603. The van der Waals surface area contributed by atoms with E-state index in [0.717, 1.165) is 12.8 Å². The highest BCUT2D eigenvalue weighted by molar-refractivity contribution is 5.85. The molecule has 0 aliphatic carbocycles. The van der Waals surface area contributed by atoms with E-state index in [1.165, 1.54) is 0 Å². The molecule has 3 heteroatoms. The minimum absolute atomic E-state index is 0. The summed E-state index contributed by atoms with van der Waals surface area (Å²) in [6.45, 7) is 3.62. The van der Waals surface area contributed by atoms with Crippen LogP contribution in [0.3, 0.4) is 0 Å². The van der Waals surface area contributed by atoms with Gasteiger partial charge in [0, 0.05) is 6.42 Å². The maximum atomic E-state index is 10.0. The summed E-state index contributed by atoms with van der Waals surface area (Å²) in [6.07, 6.45) is 1.72. The van der Waals surface area contributed by atoms with E-state index in [9.17, 15) is 4.79 Å². The fourth-order valence-corrected chi connectivity index (χ4v) is 0.352. The molecule has 0 saturated heterocycles. The van der Waals surface area contributed by atoms with E-state index in [-0.39, 0.29) is 30.6 Å². The Labute approximate surface area is 62.7 Å². The molecule has 0 aliphatic rings. The highest BCUT2D eigenvalue weighted by atomic mass is 35.5. The zero-order valence-electron chi connectivity index (χ0n) is 5.14. The van der Waals surface area contributed by atoms with Crippen LogP contribution in [0.4, 0.5) is 0 Å². The Bertz CT molecular complexity index is 54.4.